The molecule has 1 aromatic carbocycles. The highest BCUT2D eigenvalue weighted by molar-refractivity contribution is 8.13. The van der Waals surface area contributed by atoms with Crippen LogP contribution in [0.3, 0.4) is 0 Å². The topological polar surface area (TPSA) is 62.3 Å². The number of nitrogens with zero attached hydrogens (tertiary/aromatic N) is 2. The quantitative estimate of drug-likeness (QED) is 0.686. The van der Waals surface area contributed by atoms with E-state index in [2.05, 4.69) is 10.3 Å². The molecular weight excluding hydrogens is 318 g/mol. The fourth-order valence-corrected chi connectivity index (χ4v) is 2.63. The van der Waals surface area contributed by atoms with E-state index in [4.69, 9.17) is 0 Å². The maximum atomic E-state index is 11.8. The average molecular weight is 333 g/mol. The zero-order valence-electron chi connectivity index (χ0n) is 12.1. The number of amides is 2. The minimum atomic E-state index is -0.222. The van der Waals surface area contributed by atoms with Crippen molar-refractivity contribution in [2.75, 3.05) is 19.4 Å². The summed E-state index contributed by atoms with van der Waals surface area (Å²) in [7, 11) is 3.41. The van der Waals surface area contributed by atoms with Gasteiger partial charge >= 0.3 is 0 Å². The third-order valence-corrected chi connectivity index (χ3v) is 4.31. The Balaban J connectivity index is 1.90. The van der Waals surface area contributed by atoms with Crippen molar-refractivity contribution in [1.82, 2.24) is 9.88 Å². The summed E-state index contributed by atoms with van der Waals surface area (Å²) in [6.45, 7) is 0. The van der Waals surface area contributed by atoms with Crippen molar-refractivity contribution in [2.45, 2.75) is 4.90 Å². The Morgan fingerprint density at radius 1 is 1.27 bits per heavy atom. The lowest BCUT2D eigenvalue weighted by Gasteiger charge is -2.09. The molecule has 1 N–H and O–H groups in total. The van der Waals surface area contributed by atoms with Crippen LogP contribution in [0.4, 0.5) is 10.5 Å². The van der Waals surface area contributed by atoms with Crippen LogP contribution < -0.4 is 5.32 Å². The molecule has 0 spiro atoms. The van der Waals surface area contributed by atoms with Crippen molar-refractivity contribution < 1.29 is 9.59 Å². The van der Waals surface area contributed by atoms with E-state index < -0.39 is 0 Å². The van der Waals surface area contributed by atoms with Crippen molar-refractivity contribution in [3.63, 3.8) is 0 Å². The second kappa shape index (κ2) is 7.77. The summed E-state index contributed by atoms with van der Waals surface area (Å²) in [5, 5.41) is 5.35. The van der Waals surface area contributed by atoms with E-state index in [1.54, 1.807) is 50.6 Å². The van der Waals surface area contributed by atoms with Gasteiger partial charge in [-0.2, -0.15) is 0 Å². The largest absolute Gasteiger partial charge is 0.339 e. The van der Waals surface area contributed by atoms with Crippen LogP contribution in [0.1, 0.15) is 5.01 Å². The van der Waals surface area contributed by atoms with E-state index in [-0.39, 0.29) is 11.1 Å². The average Bonchev–Trinajstić information content (AvgIpc) is 3.00. The molecular formula is C15H15N3O2S2. The van der Waals surface area contributed by atoms with Gasteiger partial charge in [-0.05, 0) is 42.1 Å². The predicted molar refractivity (Wildman–Crippen MR) is 91.2 cm³/mol. The molecule has 0 bridgehead atoms. The van der Waals surface area contributed by atoms with E-state index in [0.717, 1.165) is 21.7 Å². The number of thioether (sulfide) groups is 1. The summed E-state index contributed by atoms with van der Waals surface area (Å²) in [5.41, 5.74) is 0.676. The van der Waals surface area contributed by atoms with Crippen molar-refractivity contribution in [3.8, 4) is 0 Å². The number of nitrogens with one attached hydrogen (secondary N) is 1. The molecule has 0 unspecified atom stereocenters. The summed E-state index contributed by atoms with van der Waals surface area (Å²) in [6.07, 6.45) is 4.80. The van der Waals surface area contributed by atoms with E-state index in [1.165, 1.54) is 22.3 Å². The van der Waals surface area contributed by atoms with Crippen LogP contribution >= 0.6 is 23.1 Å². The fraction of sp³-hybridized carbons (Fsp3) is 0.133. The first-order valence-electron chi connectivity index (χ1n) is 6.42. The number of thiazole rings is 1. The molecule has 114 valence electrons. The molecule has 1 aromatic heterocycles. The normalized spacial score (nSPS) is 10.6. The molecule has 0 aliphatic heterocycles. The second-order valence-electron chi connectivity index (χ2n) is 4.48. The Labute approximate surface area is 137 Å². The maximum Gasteiger partial charge on any atom is 0.285 e. The van der Waals surface area contributed by atoms with Gasteiger partial charge in [0.1, 0.15) is 5.01 Å². The van der Waals surface area contributed by atoms with Crippen molar-refractivity contribution >= 4 is 46.0 Å². The van der Waals surface area contributed by atoms with Gasteiger partial charge in [0, 0.05) is 42.3 Å². The minimum Gasteiger partial charge on any atom is -0.339 e. The summed E-state index contributed by atoms with van der Waals surface area (Å²) in [4.78, 5) is 29.8. The zero-order valence-corrected chi connectivity index (χ0v) is 13.8. The Morgan fingerprint density at radius 3 is 2.59 bits per heavy atom. The van der Waals surface area contributed by atoms with Gasteiger partial charge in [0.15, 0.2) is 0 Å². The van der Waals surface area contributed by atoms with Crippen LogP contribution in [0.5, 0.6) is 0 Å². The van der Waals surface area contributed by atoms with Gasteiger partial charge in [0.05, 0.1) is 0 Å². The highest BCUT2D eigenvalue weighted by Crippen LogP contribution is 2.22. The molecule has 0 saturated carbocycles. The SMILES string of the molecule is CN(C)C(=O)Sc1ccc(NC(=O)/C=C\c2nccs2)cc1. The summed E-state index contributed by atoms with van der Waals surface area (Å²) < 4.78 is 0. The Kier molecular flexibility index (Phi) is 5.74. The van der Waals surface area contributed by atoms with Gasteiger partial charge in [0.2, 0.25) is 5.91 Å². The number of anilines is 1. The van der Waals surface area contributed by atoms with Gasteiger partial charge in [0.25, 0.3) is 5.24 Å². The first kappa shape index (κ1) is 16.3. The Morgan fingerprint density at radius 2 is 2.00 bits per heavy atom. The summed E-state index contributed by atoms with van der Waals surface area (Å²) in [6, 6.07) is 7.12. The minimum absolute atomic E-state index is 0.0387. The third kappa shape index (κ3) is 5.01. The van der Waals surface area contributed by atoms with Crippen LogP contribution in [-0.2, 0) is 4.79 Å². The Bertz CT molecular complexity index is 665. The third-order valence-electron chi connectivity index (χ3n) is 2.52. The van der Waals surface area contributed by atoms with Crippen LogP contribution in [0, 0.1) is 0 Å². The first-order chi connectivity index (χ1) is 10.5. The predicted octanol–water partition coefficient (Wildman–Crippen LogP) is 3.57. The highest BCUT2D eigenvalue weighted by Gasteiger charge is 2.06. The van der Waals surface area contributed by atoms with Crippen molar-refractivity contribution in [1.29, 1.82) is 0 Å². The molecule has 0 aliphatic carbocycles. The number of benzene rings is 1. The van der Waals surface area contributed by atoms with E-state index in [1.807, 2.05) is 5.38 Å². The molecule has 7 heteroatoms. The molecule has 5 nitrogen and oxygen atoms in total. The molecule has 2 amide bonds. The number of hydrogen-bond acceptors (Lipinski definition) is 5. The number of rotatable bonds is 4. The lowest BCUT2D eigenvalue weighted by atomic mass is 10.3. The Hall–Kier alpha value is -2.12. The fourth-order valence-electron chi connectivity index (χ4n) is 1.45. The van der Waals surface area contributed by atoms with Gasteiger partial charge in [-0.15, -0.1) is 11.3 Å². The summed E-state index contributed by atoms with van der Waals surface area (Å²) >= 11 is 2.61. The number of aromatic nitrogens is 1. The molecule has 1 heterocycles. The lowest BCUT2D eigenvalue weighted by Crippen LogP contribution is -2.16. The molecule has 0 saturated heterocycles. The molecule has 0 aliphatic rings. The van der Waals surface area contributed by atoms with E-state index in [0.29, 0.717) is 5.69 Å². The van der Waals surface area contributed by atoms with Crippen molar-refractivity contribution in [3.05, 3.63) is 46.9 Å². The molecule has 2 aromatic rings. The molecule has 0 atom stereocenters. The van der Waals surface area contributed by atoms with Gasteiger partial charge in [-0.25, -0.2) is 4.98 Å². The number of hydrogen-bond donors (Lipinski definition) is 1. The highest BCUT2D eigenvalue weighted by atomic mass is 32.2. The maximum absolute atomic E-state index is 11.8. The smallest absolute Gasteiger partial charge is 0.285 e. The van der Waals surface area contributed by atoms with Gasteiger partial charge in [-0.3, -0.25) is 9.59 Å². The first-order valence-corrected chi connectivity index (χ1v) is 8.12. The number of carbonyl (C=O) groups is 2. The molecule has 0 radical (unpaired) electrons. The second-order valence-corrected chi connectivity index (χ2v) is 6.43. The standard InChI is InChI=1S/C15H15N3O2S2/c1-18(2)15(20)22-12-5-3-11(4-6-12)17-13(19)7-8-14-16-9-10-21-14/h3-10H,1-2H3,(H,17,19)/b8-7-. The zero-order chi connectivity index (χ0) is 15.9. The number of carbonyl (C=O) groups excluding carboxylic acids is 2. The van der Waals surface area contributed by atoms with Crippen molar-refractivity contribution in [2.24, 2.45) is 0 Å². The monoisotopic (exact) mass is 333 g/mol. The van der Waals surface area contributed by atoms with Gasteiger partial charge < -0.3 is 10.2 Å². The van der Waals surface area contributed by atoms with E-state index >= 15 is 0 Å². The van der Waals surface area contributed by atoms with Crippen LogP contribution in [0.15, 0.2) is 46.8 Å². The van der Waals surface area contributed by atoms with Gasteiger partial charge in [-0.1, -0.05) is 0 Å². The van der Waals surface area contributed by atoms with Crippen LogP contribution in [0.2, 0.25) is 0 Å². The summed E-state index contributed by atoms with van der Waals surface area (Å²) in [5.74, 6) is -0.222. The molecule has 0 fully saturated rings. The molecule has 22 heavy (non-hydrogen) atoms. The van der Waals surface area contributed by atoms with E-state index in [9.17, 15) is 9.59 Å². The van der Waals surface area contributed by atoms with Crippen LogP contribution in [0.25, 0.3) is 6.08 Å². The lowest BCUT2D eigenvalue weighted by molar-refractivity contribution is -0.111. The van der Waals surface area contributed by atoms with Crippen LogP contribution in [-0.4, -0.2) is 35.1 Å². The molecule has 2 rings (SSSR count).